The lowest BCUT2D eigenvalue weighted by Gasteiger charge is -2.27. The molecule has 0 saturated carbocycles. The maximum absolute atomic E-state index is 4.88. The molecule has 0 N–H and O–H groups in total. The predicted octanol–water partition coefficient (Wildman–Crippen LogP) is 6.02. The monoisotopic (exact) mass is 434 g/mol. The zero-order valence-corrected chi connectivity index (χ0v) is 16.3. The van der Waals surface area contributed by atoms with Crippen molar-refractivity contribution < 1.29 is 0 Å². The summed E-state index contributed by atoms with van der Waals surface area (Å²) in [6.07, 6.45) is 0. The van der Waals surface area contributed by atoms with Crippen molar-refractivity contribution in [1.29, 1.82) is 0 Å². The lowest BCUT2D eigenvalue weighted by atomic mass is 10.1. The SMILES string of the molecule is CCN(CC)C1=Nc2ccccc2/C(=C(/I)c2ccccc2)S1. The van der Waals surface area contributed by atoms with E-state index in [1.165, 1.54) is 19.6 Å². The van der Waals surface area contributed by atoms with Gasteiger partial charge in [0.1, 0.15) is 0 Å². The first-order valence-corrected chi connectivity index (χ1v) is 9.70. The van der Waals surface area contributed by atoms with E-state index in [0.29, 0.717) is 0 Å². The summed E-state index contributed by atoms with van der Waals surface area (Å²) in [6, 6.07) is 19.0. The molecule has 1 heterocycles. The Morgan fingerprint density at radius 1 is 1.00 bits per heavy atom. The van der Waals surface area contributed by atoms with Gasteiger partial charge in [0.15, 0.2) is 5.17 Å². The average Bonchev–Trinajstić information content (AvgIpc) is 2.62. The van der Waals surface area contributed by atoms with Crippen molar-refractivity contribution in [3.05, 3.63) is 65.7 Å². The van der Waals surface area contributed by atoms with E-state index in [2.05, 4.69) is 95.9 Å². The highest BCUT2D eigenvalue weighted by atomic mass is 127. The van der Waals surface area contributed by atoms with Gasteiger partial charge < -0.3 is 4.90 Å². The summed E-state index contributed by atoms with van der Waals surface area (Å²) in [5.74, 6) is 0. The molecule has 0 unspecified atom stereocenters. The van der Waals surface area contributed by atoms with Gasteiger partial charge in [-0.05, 0) is 48.1 Å². The van der Waals surface area contributed by atoms with Crippen LogP contribution in [0.25, 0.3) is 8.48 Å². The van der Waals surface area contributed by atoms with Crippen LogP contribution in [-0.2, 0) is 0 Å². The van der Waals surface area contributed by atoms with Gasteiger partial charge in [-0.2, -0.15) is 0 Å². The second-order valence-corrected chi connectivity index (χ2v) is 7.25. The molecular formula is C19H19IN2S. The average molecular weight is 434 g/mol. The Kier molecular flexibility index (Phi) is 5.43. The summed E-state index contributed by atoms with van der Waals surface area (Å²) in [5, 5.41) is 1.09. The number of nitrogens with zero attached hydrogens (tertiary/aromatic N) is 2. The number of halogens is 1. The van der Waals surface area contributed by atoms with E-state index >= 15 is 0 Å². The maximum atomic E-state index is 4.88. The summed E-state index contributed by atoms with van der Waals surface area (Å²) in [5.41, 5.74) is 3.54. The minimum atomic E-state index is 0.972. The Balaban J connectivity index is 2.13. The Morgan fingerprint density at radius 3 is 2.35 bits per heavy atom. The fourth-order valence-electron chi connectivity index (χ4n) is 2.54. The van der Waals surface area contributed by atoms with Crippen LogP contribution in [0.4, 0.5) is 5.69 Å². The minimum absolute atomic E-state index is 0.972. The number of amidine groups is 1. The van der Waals surface area contributed by atoms with E-state index in [-0.39, 0.29) is 0 Å². The molecule has 0 atom stereocenters. The van der Waals surface area contributed by atoms with Gasteiger partial charge >= 0.3 is 0 Å². The van der Waals surface area contributed by atoms with Gasteiger partial charge in [0, 0.05) is 27.1 Å². The van der Waals surface area contributed by atoms with Crippen LogP contribution in [0.1, 0.15) is 25.0 Å². The Hall–Kier alpha value is -1.27. The van der Waals surface area contributed by atoms with Crippen LogP contribution in [0, 0.1) is 0 Å². The molecule has 0 saturated heterocycles. The molecule has 0 aromatic heterocycles. The Morgan fingerprint density at radius 2 is 1.65 bits per heavy atom. The van der Waals surface area contributed by atoms with E-state index in [1.54, 1.807) is 11.8 Å². The van der Waals surface area contributed by atoms with E-state index < -0.39 is 0 Å². The van der Waals surface area contributed by atoms with Crippen molar-refractivity contribution in [2.24, 2.45) is 4.99 Å². The molecule has 118 valence electrons. The highest BCUT2D eigenvalue weighted by molar-refractivity contribution is 14.1. The van der Waals surface area contributed by atoms with Gasteiger partial charge in [-0.1, -0.05) is 60.3 Å². The number of benzene rings is 2. The number of rotatable bonds is 3. The molecule has 4 heteroatoms. The van der Waals surface area contributed by atoms with E-state index in [1.807, 2.05) is 0 Å². The first-order chi connectivity index (χ1) is 11.2. The van der Waals surface area contributed by atoms with Crippen molar-refractivity contribution in [2.75, 3.05) is 13.1 Å². The van der Waals surface area contributed by atoms with Crippen molar-refractivity contribution in [2.45, 2.75) is 13.8 Å². The summed E-state index contributed by atoms with van der Waals surface area (Å²) < 4.78 is 1.28. The second-order valence-electron chi connectivity index (χ2n) is 5.20. The topological polar surface area (TPSA) is 15.6 Å². The third-order valence-electron chi connectivity index (χ3n) is 3.82. The van der Waals surface area contributed by atoms with Crippen LogP contribution in [-0.4, -0.2) is 23.2 Å². The first kappa shape index (κ1) is 16.6. The van der Waals surface area contributed by atoms with Crippen LogP contribution >= 0.6 is 34.4 Å². The quantitative estimate of drug-likeness (QED) is 0.549. The van der Waals surface area contributed by atoms with Gasteiger partial charge in [0.05, 0.1) is 5.69 Å². The van der Waals surface area contributed by atoms with Gasteiger partial charge in [0.2, 0.25) is 0 Å². The molecule has 2 nitrogen and oxygen atoms in total. The lowest BCUT2D eigenvalue weighted by Crippen LogP contribution is -2.29. The fraction of sp³-hybridized carbons (Fsp3) is 0.211. The van der Waals surface area contributed by atoms with Crippen LogP contribution in [0.5, 0.6) is 0 Å². The van der Waals surface area contributed by atoms with E-state index in [9.17, 15) is 0 Å². The van der Waals surface area contributed by atoms with Crippen LogP contribution in [0.3, 0.4) is 0 Å². The van der Waals surface area contributed by atoms with Crippen molar-refractivity contribution in [3.8, 4) is 0 Å². The van der Waals surface area contributed by atoms with Crippen LogP contribution in [0.2, 0.25) is 0 Å². The zero-order chi connectivity index (χ0) is 16.2. The smallest absolute Gasteiger partial charge is 0.169 e. The normalized spacial score (nSPS) is 15.7. The van der Waals surface area contributed by atoms with E-state index in [0.717, 1.165) is 23.9 Å². The van der Waals surface area contributed by atoms with Crippen molar-refractivity contribution in [1.82, 2.24) is 4.90 Å². The third-order valence-corrected chi connectivity index (χ3v) is 6.51. The lowest BCUT2D eigenvalue weighted by molar-refractivity contribution is 0.475. The molecule has 0 bridgehead atoms. The molecule has 0 spiro atoms. The van der Waals surface area contributed by atoms with Gasteiger partial charge in [-0.15, -0.1) is 0 Å². The summed E-state index contributed by atoms with van der Waals surface area (Å²) in [4.78, 5) is 8.49. The van der Waals surface area contributed by atoms with Gasteiger partial charge in [0.25, 0.3) is 0 Å². The molecule has 0 radical (unpaired) electrons. The Labute approximate surface area is 155 Å². The molecule has 1 aliphatic rings. The molecule has 0 fully saturated rings. The summed E-state index contributed by atoms with van der Waals surface area (Å²) in [6.45, 7) is 6.30. The molecule has 0 aliphatic carbocycles. The number of hydrogen-bond acceptors (Lipinski definition) is 3. The number of hydrogen-bond donors (Lipinski definition) is 0. The van der Waals surface area contributed by atoms with E-state index in [4.69, 9.17) is 4.99 Å². The standard InChI is InChI=1S/C19H19IN2S/c1-3-22(4-2)19-21-16-13-9-8-12-15(16)18(23-19)17(20)14-10-6-5-7-11-14/h5-13H,3-4H2,1-2H3/b18-17-. The minimum Gasteiger partial charge on any atom is -0.351 e. The molecule has 2 aromatic carbocycles. The zero-order valence-electron chi connectivity index (χ0n) is 13.3. The molecule has 3 rings (SSSR count). The molecule has 1 aliphatic heterocycles. The van der Waals surface area contributed by atoms with Crippen molar-refractivity contribution in [3.63, 3.8) is 0 Å². The second kappa shape index (κ2) is 7.53. The number of fused-ring (bicyclic) bond motifs is 1. The van der Waals surface area contributed by atoms with Crippen LogP contribution in [0.15, 0.2) is 59.6 Å². The molecule has 2 aromatic rings. The number of para-hydroxylation sites is 1. The maximum Gasteiger partial charge on any atom is 0.169 e. The number of thioether (sulfide) groups is 1. The fourth-order valence-corrected chi connectivity index (χ4v) is 4.73. The third kappa shape index (κ3) is 3.48. The Bertz CT molecular complexity index is 749. The highest BCUT2D eigenvalue weighted by Gasteiger charge is 2.23. The summed E-state index contributed by atoms with van der Waals surface area (Å²) in [7, 11) is 0. The predicted molar refractivity (Wildman–Crippen MR) is 111 cm³/mol. The highest BCUT2D eigenvalue weighted by Crippen LogP contribution is 2.46. The summed E-state index contributed by atoms with van der Waals surface area (Å²) >= 11 is 4.25. The largest absolute Gasteiger partial charge is 0.351 e. The molecule has 0 amide bonds. The number of aliphatic imine (C=N–C) groups is 1. The van der Waals surface area contributed by atoms with Gasteiger partial charge in [-0.25, -0.2) is 4.99 Å². The van der Waals surface area contributed by atoms with Crippen molar-refractivity contribution >= 4 is 53.7 Å². The molecular weight excluding hydrogens is 415 g/mol. The van der Waals surface area contributed by atoms with Crippen LogP contribution < -0.4 is 0 Å². The van der Waals surface area contributed by atoms with Gasteiger partial charge in [-0.3, -0.25) is 0 Å². The molecule has 23 heavy (non-hydrogen) atoms. The first-order valence-electron chi connectivity index (χ1n) is 7.80.